The Labute approximate surface area is 201 Å². The van der Waals surface area contributed by atoms with Gasteiger partial charge in [-0.3, -0.25) is 0 Å². The van der Waals surface area contributed by atoms with Crippen LogP contribution in [0.4, 0.5) is 11.4 Å². The van der Waals surface area contributed by atoms with Crippen molar-refractivity contribution < 1.29 is 5.11 Å². The number of benzene rings is 3. The first-order chi connectivity index (χ1) is 15.8. The zero-order valence-corrected chi connectivity index (χ0v) is 20.3. The molecule has 1 unspecified atom stereocenters. The third kappa shape index (κ3) is 3.52. The van der Waals surface area contributed by atoms with Crippen LogP contribution in [-0.4, -0.2) is 33.3 Å². The first kappa shape index (κ1) is 21.7. The smallest absolute Gasteiger partial charge is 0.122 e. The fourth-order valence-electron chi connectivity index (χ4n) is 5.35. The lowest BCUT2D eigenvalue weighted by Crippen LogP contribution is -2.30. The second-order valence-corrected chi connectivity index (χ2v) is 9.91. The van der Waals surface area contributed by atoms with Gasteiger partial charge in [-0.15, -0.1) is 0 Å². The monoisotopic (exact) mass is 456 g/mol. The van der Waals surface area contributed by atoms with E-state index in [9.17, 15) is 5.11 Å². The maximum atomic E-state index is 11.3. The highest BCUT2D eigenvalue weighted by Gasteiger charge is 2.41. The molecule has 1 N–H and O–H groups in total. The Kier molecular flexibility index (Phi) is 5.25. The molecule has 1 atom stereocenters. The van der Waals surface area contributed by atoms with Gasteiger partial charge in [0, 0.05) is 61.6 Å². The highest BCUT2D eigenvalue weighted by molar-refractivity contribution is 6.30. The van der Waals surface area contributed by atoms with Gasteiger partial charge in [-0.2, -0.15) is 0 Å². The third-order valence-electron chi connectivity index (χ3n) is 7.04. The Morgan fingerprint density at radius 2 is 1.67 bits per heavy atom. The molecule has 0 saturated carbocycles. The molecule has 0 radical (unpaired) electrons. The van der Waals surface area contributed by atoms with Gasteiger partial charge >= 0.3 is 0 Å². The summed E-state index contributed by atoms with van der Waals surface area (Å²) >= 11 is 6.41. The number of anilines is 2. The Bertz CT molecular complexity index is 1300. The summed E-state index contributed by atoms with van der Waals surface area (Å²) in [4.78, 5) is 4.16. The number of phenols is 1. The van der Waals surface area contributed by atoms with Crippen molar-refractivity contribution in [3.63, 3.8) is 0 Å². The molecular weight excluding hydrogens is 428 g/mol. The maximum Gasteiger partial charge on any atom is 0.122 e. The molecule has 4 heteroatoms. The van der Waals surface area contributed by atoms with Crippen molar-refractivity contribution in [1.82, 2.24) is 0 Å². The van der Waals surface area contributed by atoms with Crippen LogP contribution in [0, 0.1) is 0 Å². The van der Waals surface area contributed by atoms with E-state index in [0.29, 0.717) is 5.75 Å². The van der Waals surface area contributed by atoms with E-state index in [4.69, 9.17) is 11.6 Å². The number of halogens is 1. The topological polar surface area (TPSA) is 26.7 Å². The molecule has 0 saturated heterocycles. The van der Waals surface area contributed by atoms with Crippen molar-refractivity contribution in [3.8, 4) is 5.75 Å². The van der Waals surface area contributed by atoms with Gasteiger partial charge in [0.2, 0.25) is 0 Å². The van der Waals surface area contributed by atoms with Gasteiger partial charge in [0.1, 0.15) is 5.75 Å². The molecule has 2 aliphatic rings. The van der Waals surface area contributed by atoms with E-state index in [0.717, 1.165) is 34.8 Å². The quantitative estimate of drug-likeness (QED) is 0.489. The predicted octanol–water partition coefficient (Wildman–Crippen LogP) is 6.43. The minimum atomic E-state index is -0.501. The van der Waals surface area contributed by atoms with Gasteiger partial charge in [0.15, 0.2) is 0 Å². The lowest BCUT2D eigenvalue weighted by molar-refractivity contribution is 0.455. The number of allylic oxidation sites excluding steroid dienone is 4. The summed E-state index contributed by atoms with van der Waals surface area (Å²) in [6.45, 7) is 0. The minimum absolute atomic E-state index is 0.313. The zero-order chi connectivity index (χ0) is 23.3. The van der Waals surface area contributed by atoms with Gasteiger partial charge < -0.3 is 14.9 Å². The Morgan fingerprint density at radius 3 is 2.39 bits per heavy atom. The summed E-state index contributed by atoms with van der Waals surface area (Å²) in [5, 5.41) is 12.1. The molecule has 3 aromatic rings. The van der Waals surface area contributed by atoms with E-state index >= 15 is 0 Å². The van der Waals surface area contributed by atoms with Crippen LogP contribution in [0.25, 0.3) is 5.57 Å². The average Bonchev–Trinajstić information content (AvgIpc) is 3.15. The van der Waals surface area contributed by atoms with Crippen LogP contribution >= 0.6 is 11.6 Å². The molecule has 0 spiro atoms. The molecule has 0 bridgehead atoms. The van der Waals surface area contributed by atoms with E-state index in [1.54, 1.807) is 0 Å². The molecule has 3 nitrogen and oxygen atoms in total. The van der Waals surface area contributed by atoms with Crippen LogP contribution in [0.3, 0.4) is 0 Å². The molecule has 5 rings (SSSR count). The standard InChI is InChI=1S/C29H29ClN2O/c1-31(2)22-11-12-26(28(33)17-22)29(25-7-5-6-8-27(25)32(3)4)14-13-20-15-19-9-10-21(30)16-23(19)24(20)18-29/h5-14,16-17,33H,15,18H2,1-4H3. The van der Waals surface area contributed by atoms with Crippen molar-refractivity contribution in [2.24, 2.45) is 0 Å². The normalized spacial score (nSPS) is 18.8. The summed E-state index contributed by atoms with van der Waals surface area (Å²) in [6, 6.07) is 20.8. The molecule has 0 aromatic heterocycles. The molecule has 2 aliphatic carbocycles. The van der Waals surface area contributed by atoms with Crippen LogP contribution in [0.15, 0.2) is 78.4 Å². The zero-order valence-electron chi connectivity index (χ0n) is 19.6. The number of hydrogen-bond donors (Lipinski definition) is 1. The average molecular weight is 457 g/mol. The van der Waals surface area contributed by atoms with Gasteiger partial charge in [0.05, 0.1) is 0 Å². The highest BCUT2D eigenvalue weighted by atomic mass is 35.5. The number of aromatic hydroxyl groups is 1. The fraction of sp³-hybridized carbons (Fsp3) is 0.241. The summed E-state index contributed by atoms with van der Waals surface area (Å²) in [5.41, 5.74) is 8.93. The number of phenolic OH excluding ortho intramolecular Hbond substituents is 1. The lowest BCUT2D eigenvalue weighted by atomic mass is 9.66. The van der Waals surface area contributed by atoms with E-state index in [1.807, 2.05) is 31.1 Å². The van der Waals surface area contributed by atoms with E-state index < -0.39 is 5.41 Å². The van der Waals surface area contributed by atoms with Gasteiger partial charge in [-0.25, -0.2) is 0 Å². The van der Waals surface area contributed by atoms with Crippen LogP contribution in [0.1, 0.15) is 28.7 Å². The first-order valence-electron chi connectivity index (χ1n) is 11.3. The number of para-hydroxylation sites is 1. The Balaban J connectivity index is 1.74. The van der Waals surface area contributed by atoms with Crippen molar-refractivity contribution in [2.45, 2.75) is 18.3 Å². The largest absolute Gasteiger partial charge is 0.508 e. The van der Waals surface area contributed by atoms with Crippen LogP contribution in [0.5, 0.6) is 5.75 Å². The summed E-state index contributed by atoms with van der Waals surface area (Å²) in [6.07, 6.45) is 6.26. The number of fused-ring (bicyclic) bond motifs is 2. The van der Waals surface area contributed by atoms with Crippen molar-refractivity contribution in [2.75, 3.05) is 38.0 Å². The molecule has 0 amide bonds. The highest BCUT2D eigenvalue weighted by Crippen LogP contribution is 2.53. The second kappa shape index (κ2) is 8.00. The summed E-state index contributed by atoms with van der Waals surface area (Å²) in [7, 11) is 8.12. The van der Waals surface area contributed by atoms with Crippen molar-refractivity contribution >= 4 is 28.5 Å². The second-order valence-electron chi connectivity index (χ2n) is 9.47. The third-order valence-corrected chi connectivity index (χ3v) is 7.27. The first-order valence-corrected chi connectivity index (χ1v) is 11.7. The van der Waals surface area contributed by atoms with E-state index in [1.165, 1.54) is 27.8 Å². The summed E-state index contributed by atoms with van der Waals surface area (Å²) in [5.74, 6) is 0.313. The number of rotatable bonds is 4. The molecule has 168 valence electrons. The Hall–Kier alpha value is -3.17. The Morgan fingerprint density at radius 1 is 0.879 bits per heavy atom. The van der Waals surface area contributed by atoms with Gasteiger partial charge in [0.25, 0.3) is 0 Å². The summed E-state index contributed by atoms with van der Waals surface area (Å²) < 4.78 is 0. The number of hydrogen-bond acceptors (Lipinski definition) is 3. The van der Waals surface area contributed by atoms with Crippen LogP contribution in [-0.2, 0) is 11.8 Å². The van der Waals surface area contributed by atoms with E-state index in [-0.39, 0.29) is 0 Å². The molecule has 0 aliphatic heterocycles. The lowest BCUT2D eigenvalue weighted by Gasteiger charge is -2.38. The van der Waals surface area contributed by atoms with Crippen LogP contribution in [0.2, 0.25) is 5.02 Å². The molecule has 33 heavy (non-hydrogen) atoms. The predicted molar refractivity (Wildman–Crippen MR) is 140 cm³/mol. The van der Waals surface area contributed by atoms with Crippen LogP contribution < -0.4 is 9.80 Å². The van der Waals surface area contributed by atoms with Crippen molar-refractivity contribution in [1.29, 1.82) is 0 Å². The molecular formula is C29H29ClN2O. The van der Waals surface area contributed by atoms with Crippen molar-refractivity contribution in [3.05, 3.63) is 106 Å². The maximum absolute atomic E-state index is 11.3. The molecule has 0 heterocycles. The molecule has 0 fully saturated rings. The SMILES string of the molecule is CN(C)c1ccc(C2(c3ccccc3N(C)C)C=CC3=C(C2)c2cc(Cl)ccc2C3)c(O)c1. The molecule has 3 aromatic carbocycles. The van der Waals surface area contributed by atoms with E-state index in [2.05, 4.69) is 79.7 Å². The fourth-order valence-corrected chi connectivity index (χ4v) is 5.52. The number of nitrogens with zero attached hydrogens (tertiary/aromatic N) is 2. The van der Waals surface area contributed by atoms with Gasteiger partial charge in [-0.1, -0.05) is 54.1 Å². The minimum Gasteiger partial charge on any atom is -0.508 e. The van der Waals surface area contributed by atoms with Gasteiger partial charge in [-0.05, 0) is 64.9 Å².